The fourth-order valence-corrected chi connectivity index (χ4v) is 1.07. The smallest absolute Gasteiger partial charge is 0.304 e. The van der Waals surface area contributed by atoms with E-state index in [0.29, 0.717) is 5.57 Å². The number of hydrogen-bond acceptors (Lipinski definition) is 3. The van der Waals surface area contributed by atoms with Crippen molar-refractivity contribution in [2.75, 3.05) is 7.05 Å². The number of rotatable bonds is 1. The Labute approximate surface area is 70.8 Å². The van der Waals surface area contributed by atoms with E-state index in [0.717, 1.165) is 0 Å². The van der Waals surface area contributed by atoms with Gasteiger partial charge in [0.15, 0.2) is 6.23 Å². The predicted octanol–water partition coefficient (Wildman–Crippen LogP) is 0.294. The van der Waals surface area contributed by atoms with Crippen LogP contribution in [0.4, 0.5) is 0 Å². The van der Waals surface area contributed by atoms with Gasteiger partial charge in [0.2, 0.25) is 0 Å². The standard InChI is InChI=1S/C8H11NO3/c1-5-4-7(12-6(2)10)9(3)8(5)11/h4,7H,1-3H3. The van der Waals surface area contributed by atoms with Gasteiger partial charge in [-0.1, -0.05) is 0 Å². The third-order valence-electron chi connectivity index (χ3n) is 1.72. The van der Waals surface area contributed by atoms with E-state index in [4.69, 9.17) is 4.74 Å². The van der Waals surface area contributed by atoms with Gasteiger partial charge in [0.05, 0.1) is 0 Å². The van der Waals surface area contributed by atoms with Crippen LogP contribution in [0, 0.1) is 0 Å². The molecule has 1 rings (SSSR count). The minimum Gasteiger partial charge on any atom is -0.438 e. The molecule has 1 atom stereocenters. The molecule has 4 nitrogen and oxygen atoms in total. The van der Waals surface area contributed by atoms with Crippen molar-refractivity contribution >= 4 is 11.9 Å². The summed E-state index contributed by atoms with van der Waals surface area (Å²) >= 11 is 0. The van der Waals surface area contributed by atoms with Gasteiger partial charge in [-0.15, -0.1) is 0 Å². The lowest BCUT2D eigenvalue weighted by Gasteiger charge is -2.18. The predicted molar refractivity (Wildman–Crippen MR) is 42.1 cm³/mol. The van der Waals surface area contributed by atoms with Crippen LogP contribution >= 0.6 is 0 Å². The van der Waals surface area contributed by atoms with Gasteiger partial charge in [-0.25, -0.2) is 0 Å². The summed E-state index contributed by atoms with van der Waals surface area (Å²) in [5.74, 6) is -0.480. The zero-order valence-electron chi connectivity index (χ0n) is 7.33. The first-order chi connectivity index (χ1) is 5.52. The number of amides is 1. The monoisotopic (exact) mass is 169 g/mol. The second-order valence-electron chi connectivity index (χ2n) is 2.77. The minimum atomic E-state index is -0.519. The molecule has 0 saturated carbocycles. The summed E-state index contributed by atoms with van der Waals surface area (Å²) in [5, 5.41) is 0. The summed E-state index contributed by atoms with van der Waals surface area (Å²) in [6.45, 7) is 3.02. The maximum Gasteiger partial charge on any atom is 0.304 e. The Morgan fingerprint density at radius 2 is 2.25 bits per heavy atom. The highest BCUT2D eigenvalue weighted by atomic mass is 16.6. The number of carbonyl (C=O) groups is 2. The SMILES string of the molecule is CC(=O)OC1C=C(C)C(=O)N1C. The highest BCUT2D eigenvalue weighted by molar-refractivity contribution is 5.95. The Bertz CT molecular complexity index is 257. The molecule has 1 heterocycles. The molecule has 0 aromatic carbocycles. The second kappa shape index (κ2) is 2.97. The van der Waals surface area contributed by atoms with E-state index in [1.807, 2.05) is 0 Å². The first-order valence-corrected chi connectivity index (χ1v) is 3.65. The lowest BCUT2D eigenvalue weighted by atomic mass is 10.3. The molecule has 1 amide bonds. The molecule has 0 aromatic heterocycles. The second-order valence-corrected chi connectivity index (χ2v) is 2.77. The largest absolute Gasteiger partial charge is 0.438 e. The van der Waals surface area contributed by atoms with Crippen LogP contribution in [-0.2, 0) is 14.3 Å². The number of nitrogens with zero attached hydrogens (tertiary/aromatic N) is 1. The van der Waals surface area contributed by atoms with E-state index in [-0.39, 0.29) is 11.9 Å². The summed E-state index contributed by atoms with van der Waals surface area (Å²) in [6, 6.07) is 0. The topological polar surface area (TPSA) is 46.6 Å². The first-order valence-electron chi connectivity index (χ1n) is 3.65. The van der Waals surface area contributed by atoms with Gasteiger partial charge in [-0.05, 0) is 13.0 Å². The van der Waals surface area contributed by atoms with Crippen LogP contribution in [0.3, 0.4) is 0 Å². The zero-order chi connectivity index (χ0) is 9.30. The van der Waals surface area contributed by atoms with Crippen LogP contribution in [0.2, 0.25) is 0 Å². The number of hydrogen-bond donors (Lipinski definition) is 0. The number of ether oxygens (including phenoxy) is 1. The van der Waals surface area contributed by atoms with Crippen molar-refractivity contribution in [2.45, 2.75) is 20.1 Å². The summed E-state index contributed by atoms with van der Waals surface area (Å²) in [5.41, 5.74) is 0.615. The molecule has 0 saturated heterocycles. The summed E-state index contributed by atoms with van der Waals surface area (Å²) in [4.78, 5) is 23.1. The van der Waals surface area contributed by atoms with Crippen molar-refractivity contribution < 1.29 is 14.3 Å². The molecule has 66 valence electrons. The van der Waals surface area contributed by atoms with Crippen LogP contribution in [0.15, 0.2) is 11.6 Å². The third-order valence-corrected chi connectivity index (χ3v) is 1.72. The van der Waals surface area contributed by atoms with Gasteiger partial charge in [0, 0.05) is 19.5 Å². The molecule has 4 heteroatoms. The Kier molecular flexibility index (Phi) is 2.17. The normalized spacial score (nSPS) is 22.6. The fraction of sp³-hybridized carbons (Fsp3) is 0.500. The molecule has 0 aromatic rings. The number of likely N-dealkylation sites (N-methyl/N-ethyl adjacent to an activating group) is 1. The van der Waals surface area contributed by atoms with E-state index in [2.05, 4.69) is 0 Å². The van der Waals surface area contributed by atoms with Crippen molar-refractivity contribution in [3.05, 3.63) is 11.6 Å². The maximum atomic E-state index is 11.2. The van der Waals surface area contributed by atoms with E-state index < -0.39 is 6.23 Å². The van der Waals surface area contributed by atoms with Crippen molar-refractivity contribution in [2.24, 2.45) is 0 Å². The lowest BCUT2D eigenvalue weighted by molar-refractivity contribution is -0.153. The molecule has 0 N–H and O–H groups in total. The van der Waals surface area contributed by atoms with Crippen LogP contribution in [0.25, 0.3) is 0 Å². The zero-order valence-corrected chi connectivity index (χ0v) is 7.33. The molecular formula is C8H11NO3. The maximum absolute atomic E-state index is 11.2. The van der Waals surface area contributed by atoms with E-state index >= 15 is 0 Å². The van der Waals surface area contributed by atoms with Crippen molar-refractivity contribution in [3.8, 4) is 0 Å². The molecule has 0 radical (unpaired) electrons. The van der Waals surface area contributed by atoms with Gasteiger partial charge >= 0.3 is 5.97 Å². The molecule has 0 bridgehead atoms. The molecule has 0 aliphatic carbocycles. The molecular weight excluding hydrogens is 158 g/mol. The summed E-state index contributed by atoms with van der Waals surface area (Å²) in [6.07, 6.45) is 1.11. The van der Waals surface area contributed by atoms with Crippen LogP contribution in [-0.4, -0.2) is 30.1 Å². The van der Waals surface area contributed by atoms with E-state index in [1.165, 1.54) is 11.8 Å². The summed E-state index contributed by atoms with van der Waals surface area (Å²) in [7, 11) is 1.60. The summed E-state index contributed by atoms with van der Waals surface area (Å²) < 4.78 is 4.85. The Morgan fingerprint density at radius 1 is 1.67 bits per heavy atom. The van der Waals surface area contributed by atoms with Crippen molar-refractivity contribution in [1.82, 2.24) is 4.90 Å². The van der Waals surface area contributed by atoms with Gasteiger partial charge in [-0.2, -0.15) is 0 Å². The average molecular weight is 169 g/mol. The molecule has 0 spiro atoms. The molecule has 12 heavy (non-hydrogen) atoms. The van der Waals surface area contributed by atoms with Gasteiger partial charge in [0.25, 0.3) is 5.91 Å². The molecule has 1 aliphatic rings. The fourth-order valence-electron chi connectivity index (χ4n) is 1.07. The number of carbonyl (C=O) groups excluding carboxylic acids is 2. The molecule has 0 fully saturated rings. The van der Waals surface area contributed by atoms with Gasteiger partial charge < -0.3 is 9.64 Å². The van der Waals surface area contributed by atoms with Crippen molar-refractivity contribution in [3.63, 3.8) is 0 Å². The van der Waals surface area contributed by atoms with E-state index in [9.17, 15) is 9.59 Å². The molecule has 1 aliphatic heterocycles. The number of esters is 1. The Hall–Kier alpha value is -1.32. The van der Waals surface area contributed by atoms with E-state index in [1.54, 1.807) is 20.0 Å². The minimum absolute atomic E-state index is 0.0961. The first kappa shape index (κ1) is 8.77. The van der Waals surface area contributed by atoms with Crippen LogP contribution in [0.1, 0.15) is 13.8 Å². The molecule has 1 unspecified atom stereocenters. The Morgan fingerprint density at radius 3 is 2.58 bits per heavy atom. The average Bonchev–Trinajstić information content (AvgIpc) is 2.17. The van der Waals surface area contributed by atoms with Crippen LogP contribution in [0.5, 0.6) is 0 Å². The van der Waals surface area contributed by atoms with Crippen LogP contribution < -0.4 is 0 Å². The Balaban J connectivity index is 2.70. The van der Waals surface area contributed by atoms with Crippen molar-refractivity contribution in [1.29, 1.82) is 0 Å². The highest BCUT2D eigenvalue weighted by Crippen LogP contribution is 2.16. The highest BCUT2D eigenvalue weighted by Gasteiger charge is 2.28. The third kappa shape index (κ3) is 1.47. The quantitative estimate of drug-likeness (QED) is 0.530. The lowest BCUT2D eigenvalue weighted by Crippen LogP contribution is -2.33. The van der Waals surface area contributed by atoms with Gasteiger partial charge in [-0.3, -0.25) is 9.59 Å². The van der Waals surface area contributed by atoms with Gasteiger partial charge in [0.1, 0.15) is 0 Å².